The molecule has 2 bridgehead atoms. The van der Waals surface area contributed by atoms with Gasteiger partial charge in [-0.2, -0.15) is 0 Å². The van der Waals surface area contributed by atoms with Crippen molar-refractivity contribution >= 4 is 17.3 Å². The molecule has 1 aromatic carbocycles. The fourth-order valence-electron chi connectivity index (χ4n) is 3.35. The van der Waals surface area contributed by atoms with Crippen LogP contribution in [-0.2, 0) is 0 Å². The van der Waals surface area contributed by atoms with Gasteiger partial charge in [-0.3, -0.25) is 20.8 Å². The van der Waals surface area contributed by atoms with E-state index in [0.29, 0.717) is 5.92 Å². The van der Waals surface area contributed by atoms with Crippen molar-refractivity contribution in [3.05, 3.63) is 33.9 Å². The van der Waals surface area contributed by atoms with Crippen LogP contribution in [0, 0.1) is 16.0 Å². The van der Waals surface area contributed by atoms with Crippen LogP contribution in [0.5, 0.6) is 0 Å². The van der Waals surface area contributed by atoms with Crippen LogP contribution in [0.4, 0.5) is 11.4 Å². The molecule has 1 aliphatic heterocycles. The fraction of sp³-hybridized carbons (Fsp3) is 0.462. The van der Waals surface area contributed by atoms with E-state index in [-0.39, 0.29) is 28.9 Å². The van der Waals surface area contributed by atoms with Crippen LogP contribution in [0.15, 0.2) is 18.2 Å². The van der Waals surface area contributed by atoms with E-state index in [1.54, 1.807) is 6.07 Å². The third kappa shape index (κ3) is 1.90. The molecule has 3 rings (SSSR count). The van der Waals surface area contributed by atoms with Crippen LogP contribution in [0.25, 0.3) is 0 Å². The number of hydrogen-bond donors (Lipinski definition) is 2. The van der Waals surface area contributed by atoms with Gasteiger partial charge in [0.05, 0.1) is 10.5 Å². The molecule has 2 aliphatic rings. The fourth-order valence-corrected chi connectivity index (χ4v) is 3.35. The molecule has 1 amide bonds. The molecule has 1 heterocycles. The third-order valence-corrected chi connectivity index (χ3v) is 4.28. The Morgan fingerprint density at radius 2 is 2.25 bits per heavy atom. The number of anilines is 1. The normalized spacial score (nSPS) is 23.9. The number of para-hydroxylation sites is 1. The SMILES string of the molecule is NNc1c(C(=O)N2CC3CCC2C3)cccc1[N+](=O)[O-]. The Bertz CT molecular complexity index is 575. The molecule has 0 spiro atoms. The minimum Gasteiger partial charge on any atom is -0.335 e. The predicted molar refractivity (Wildman–Crippen MR) is 73.1 cm³/mol. The first kappa shape index (κ1) is 12.9. The van der Waals surface area contributed by atoms with Crippen LogP contribution in [0.1, 0.15) is 29.6 Å². The number of hydrazine groups is 1. The molecule has 3 N–H and O–H groups in total. The quantitative estimate of drug-likeness (QED) is 0.495. The van der Waals surface area contributed by atoms with Gasteiger partial charge in [-0.05, 0) is 31.2 Å². The summed E-state index contributed by atoms with van der Waals surface area (Å²) in [5.74, 6) is 5.78. The number of likely N-dealkylation sites (tertiary alicyclic amines) is 1. The molecule has 1 saturated heterocycles. The number of carbonyl (C=O) groups excluding carboxylic acids is 1. The predicted octanol–water partition coefficient (Wildman–Crippen LogP) is 1.50. The number of piperidine rings is 1. The second-order valence-corrected chi connectivity index (χ2v) is 5.39. The van der Waals surface area contributed by atoms with E-state index < -0.39 is 4.92 Å². The highest BCUT2D eigenvalue weighted by Gasteiger charge is 2.41. The number of rotatable bonds is 3. The van der Waals surface area contributed by atoms with Gasteiger partial charge in [0.2, 0.25) is 0 Å². The van der Waals surface area contributed by atoms with Gasteiger partial charge in [-0.1, -0.05) is 6.07 Å². The summed E-state index contributed by atoms with van der Waals surface area (Å²) in [6.07, 6.45) is 3.24. The van der Waals surface area contributed by atoms with E-state index >= 15 is 0 Å². The molecular weight excluding hydrogens is 260 g/mol. The highest BCUT2D eigenvalue weighted by molar-refractivity contribution is 6.01. The van der Waals surface area contributed by atoms with Crippen molar-refractivity contribution in [2.75, 3.05) is 12.0 Å². The van der Waals surface area contributed by atoms with Gasteiger partial charge in [-0.15, -0.1) is 0 Å². The van der Waals surface area contributed by atoms with Crippen molar-refractivity contribution in [1.29, 1.82) is 0 Å². The summed E-state index contributed by atoms with van der Waals surface area (Å²) in [5.41, 5.74) is 2.49. The topological polar surface area (TPSA) is 102 Å². The molecule has 2 atom stereocenters. The monoisotopic (exact) mass is 276 g/mol. The van der Waals surface area contributed by atoms with Crippen LogP contribution < -0.4 is 11.3 Å². The molecule has 0 aromatic heterocycles. The lowest BCUT2D eigenvalue weighted by Gasteiger charge is -2.27. The highest BCUT2D eigenvalue weighted by atomic mass is 16.6. The van der Waals surface area contributed by atoms with Crippen molar-refractivity contribution in [2.24, 2.45) is 11.8 Å². The molecule has 106 valence electrons. The van der Waals surface area contributed by atoms with Gasteiger partial charge < -0.3 is 10.3 Å². The van der Waals surface area contributed by atoms with E-state index in [0.717, 1.165) is 19.4 Å². The van der Waals surface area contributed by atoms with E-state index in [9.17, 15) is 14.9 Å². The second-order valence-electron chi connectivity index (χ2n) is 5.39. The smallest absolute Gasteiger partial charge is 0.294 e. The molecule has 0 radical (unpaired) electrons. The number of fused-ring (bicyclic) bond motifs is 2. The number of hydrogen-bond acceptors (Lipinski definition) is 5. The van der Waals surface area contributed by atoms with Crippen molar-refractivity contribution in [2.45, 2.75) is 25.3 Å². The summed E-state index contributed by atoms with van der Waals surface area (Å²) >= 11 is 0. The zero-order valence-corrected chi connectivity index (χ0v) is 10.9. The maximum atomic E-state index is 12.6. The standard InChI is InChI=1S/C13H16N4O3/c14-15-12-10(2-1-3-11(12)17(19)20)13(18)16-7-8-4-5-9(16)6-8/h1-3,8-9,15H,4-7,14H2. The molecule has 7 nitrogen and oxygen atoms in total. The largest absolute Gasteiger partial charge is 0.335 e. The van der Waals surface area contributed by atoms with Crippen molar-refractivity contribution in [3.63, 3.8) is 0 Å². The number of nitro benzene ring substituents is 1. The Hall–Kier alpha value is -2.15. The number of nitro groups is 1. The minimum atomic E-state index is -0.540. The average Bonchev–Trinajstić information content (AvgIpc) is 3.08. The van der Waals surface area contributed by atoms with E-state index in [1.807, 2.05) is 4.90 Å². The second kappa shape index (κ2) is 4.75. The number of nitrogen functional groups attached to an aromatic ring is 1. The first-order valence-electron chi connectivity index (χ1n) is 6.66. The maximum Gasteiger partial charge on any atom is 0.294 e. The first-order chi connectivity index (χ1) is 9.61. The van der Waals surface area contributed by atoms with E-state index in [4.69, 9.17) is 5.84 Å². The van der Waals surface area contributed by atoms with E-state index in [2.05, 4.69) is 5.43 Å². The van der Waals surface area contributed by atoms with Crippen molar-refractivity contribution in [1.82, 2.24) is 4.90 Å². The molecule has 1 saturated carbocycles. The van der Waals surface area contributed by atoms with Gasteiger partial charge in [0, 0.05) is 18.7 Å². The summed E-state index contributed by atoms with van der Waals surface area (Å²) in [7, 11) is 0. The van der Waals surface area contributed by atoms with Gasteiger partial charge in [0.25, 0.3) is 11.6 Å². The van der Waals surface area contributed by atoms with Crippen LogP contribution in [-0.4, -0.2) is 28.3 Å². The van der Waals surface area contributed by atoms with Crippen LogP contribution >= 0.6 is 0 Å². The lowest BCUT2D eigenvalue weighted by Crippen LogP contribution is -2.38. The summed E-state index contributed by atoms with van der Waals surface area (Å²) < 4.78 is 0. The average molecular weight is 276 g/mol. The number of carbonyl (C=O) groups is 1. The summed E-state index contributed by atoms with van der Waals surface area (Å²) in [6, 6.07) is 4.71. The number of nitrogens with zero attached hydrogens (tertiary/aromatic N) is 2. The Labute approximate surface area is 115 Å². The van der Waals surface area contributed by atoms with Crippen molar-refractivity contribution in [3.8, 4) is 0 Å². The molecule has 7 heteroatoms. The highest BCUT2D eigenvalue weighted by Crippen LogP contribution is 2.39. The number of nitrogens with two attached hydrogens (primary N) is 1. The number of nitrogens with one attached hydrogen (secondary N) is 1. The number of benzene rings is 1. The molecule has 1 aliphatic carbocycles. The van der Waals surface area contributed by atoms with Gasteiger partial charge in [0.1, 0.15) is 5.69 Å². The minimum absolute atomic E-state index is 0.0882. The van der Waals surface area contributed by atoms with Crippen LogP contribution in [0.3, 0.4) is 0 Å². The summed E-state index contributed by atoms with van der Waals surface area (Å²) in [6.45, 7) is 0.746. The Balaban J connectivity index is 1.95. The first-order valence-corrected chi connectivity index (χ1v) is 6.66. The maximum absolute atomic E-state index is 12.6. The Morgan fingerprint density at radius 1 is 1.45 bits per heavy atom. The van der Waals surface area contributed by atoms with Gasteiger partial charge >= 0.3 is 0 Å². The van der Waals surface area contributed by atoms with Crippen molar-refractivity contribution < 1.29 is 9.72 Å². The lowest BCUT2D eigenvalue weighted by atomic mass is 10.1. The molecule has 2 unspecified atom stereocenters. The van der Waals surface area contributed by atoms with Crippen LogP contribution in [0.2, 0.25) is 0 Å². The summed E-state index contributed by atoms with van der Waals surface area (Å²) in [4.78, 5) is 24.9. The molecule has 1 aromatic rings. The zero-order chi connectivity index (χ0) is 14.3. The zero-order valence-electron chi connectivity index (χ0n) is 10.9. The Kier molecular flexibility index (Phi) is 3.06. The molecular formula is C13H16N4O3. The molecule has 2 fully saturated rings. The van der Waals surface area contributed by atoms with Gasteiger partial charge in [-0.25, -0.2) is 0 Å². The third-order valence-electron chi connectivity index (χ3n) is 4.28. The molecule has 20 heavy (non-hydrogen) atoms. The Morgan fingerprint density at radius 3 is 2.80 bits per heavy atom. The van der Waals surface area contributed by atoms with Gasteiger partial charge in [0.15, 0.2) is 0 Å². The van der Waals surface area contributed by atoms with E-state index in [1.165, 1.54) is 18.6 Å². The lowest BCUT2D eigenvalue weighted by molar-refractivity contribution is -0.384. The number of amides is 1. The summed E-state index contributed by atoms with van der Waals surface area (Å²) in [5, 5.41) is 11.0.